The SMILES string of the molecule is CCn1nc(C)cc1C(=O)Nc1nc2cc(C(N)=O)cc3c2n1[C@@H](CCNC(=O)CSc1ccc(OC)c(OC)c1)CO3. The number of nitrogens with two attached hydrogens (primary N) is 1. The van der Waals surface area contributed by atoms with Crippen molar-refractivity contribution in [3.05, 3.63) is 53.3 Å². The summed E-state index contributed by atoms with van der Waals surface area (Å²) in [5.41, 5.74) is 8.00. The van der Waals surface area contributed by atoms with E-state index in [0.29, 0.717) is 59.4 Å². The van der Waals surface area contributed by atoms with Crippen molar-refractivity contribution in [3.8, 4) is 17.2 Å². The lowest BCUT2D eigenvalue weighted by Gasteiger charge is -2.27. The van der Waals surface area contributed by atoms with Gasteiger partial charge in [0.25, 0.3) is 5.91 Å². The molecule has 14 heteroatoms. The number of nitrogens with zero attached hydrogens (tertiary/aromatic N) is 4. The molecule has 0 unspecified atom stereocenters. The van der Waals surface area contributed by atoms with Gasteiger partial charge in [-0.2, -0.15) is 5.10 Å². The Kier molecular flexibility index (Phi) is 8.76. The number of primary amides is 1. The van der Waals surface area contributed by atoms with E-state index in [9.17, 15) is 14.4 Å². The minimum Gasteiger partial charge on any atom is -0.493 e. The van der Waals surface area contributed by atoms with Gasteiger partial charge in [0.05, 0.1) is 37.2 Å². The van der Waals surface area contributed by atoms with Gasteiger partial charge in [-0.1, -0.05) is 0 Å². The molecule has 3 amide bonds. The Morgan fingerprint density at radius 2 is 1.93 bits per heavy atom. The molecule has 0 aliphatic carbocycles. The van der Waals surface area contributed by atoms with Crippen molar-refractivity contribution in [2.75, 3.05) is 38.4 Å². The summed E-state index contributed by atoms with van der Waals surface area (Å²) in [5, 5.41) is 10.2. The minimum absolute atomic E-state index is 0.129. The van der Waals surface area contributed by atoms with Crippen LogP contribution >= 0.6 is 11.8 Å². The average Bonchev–Trinajstić information content (AvgIpc) is 3.57. The van der Waals surface area contributed by atoms with Crippen LogP contribution in [-0.2, 0) is 11.3 Å². The molecule has 226 valence electrons. The Hall–Kier alpha value is -4.72. The van der Waals surface area contributed by atoms with E-state index in [1.807, 2.05) is 30.5 Å². The lowest BCUT2D eigenvalue weighted by Crippen LogP contribution is -2.31. The molecule has 0 fully saturated rings. The Bertz CT molecular complexity index is 1700. The van der Waals surface area contributed by atoms with Gasteiger partial charge in [-0.25, -0.2) is 4.98 Å². The van der Waals surface area contributed by atoms with E-state index in [1.54, 1.807) is 43.2 Å². The van der Waals surface area contributed by atoms with E-state index in [2.05, 4.69) is 20.7 Å². The van der Waals surface area contributed by atoms with E-state index < -0.39 is 5.91 Å². The van der Waals surface area contributed by atoms with Crippen LogP contribution in [0.1, 0.15) is 45.9 Å². The highest BCUT2D eigenvalue weighted by atomic mass is 32.2. The van der Waals surface area contributed by atoms with E-state index in [0.717, 1.165) is 10.6 Å². The summed E-state index contributed by atoms with van der Waals surface area (Å²) in [6, 6.07) is 10.1. The zero-order valence-corrected chi connectivity index (χ0v) is 25.1. The number of aromatic nitrogens is 4. The zero-order valence-electron chi connectivity index (χ0n) is 24.3. The van der Waals surface area contributed by atoms with Gasteiger partial charge in [0, 0.05) is 23.5 Å². The Labute approximate surface area is 252 Å². The molecule has 0 radical (unpaired) electrons. The summed E-state index contributed by atoms with van der Waals surface area (Å²) < 4.78 is 20.1. The van der Waals surface area contributed by atoms with Crippen molar-refractivity contribution in [1.82, 2.24) is 24.6 Å². The van der Waals surface area contributed by atoms with Gasteiger partial charge in [0.15, 0.2) is 11.5 Å². The average molecular weight is 608 g/mol. The number of rotatable bonds is 12. The van der Waals surface area contributed by atoms with Crippen LogP contribution in [-0.4, -0.2) is 70.2 Å². The number of methoxy groups -OCH3 is 2. The molecule has 13 nitrogen and oxygen atoms in total. The first kappa shape index (κ1) is 29.8. The Morgan fingerprint density at radius 1 is 1.14 bits per heavy atom. The van der Waals surface area contributed by atoms with Crippen LogP contribution in [0.4, 0.5) is 5.95 Å². The molecule has 43 heavy (non-hydrogen) atoms. The first-order chi connectivity index (χ1) is 20.7. The second-order valence-corrected chi connectivity index (χ2v) is 10.9. The van der Waals surface area contributed by atoms with Gasteiger partial charge in [0.2, 0.25) is 17.8 Å². The van der Waals surface area contributed by atoms with Gasteiger partial charge in [-0.3, -0.25) is 24.4 Å². The predicted octanol–water partition coefficient (Wildman–Crippen LogP) is 3.16. The minimum atomic E-state index is -0.611. The lowest BCUT2D eigenvalue weighted by atomic mass is 10.1. The molecule has 1 aliphatic rings. The molecule has 0 spiro atoms. The number of benzene rings is 2. The maximum absolute atomic E-state index is 13.3. The molecule has 3 heterocycles. The molecule has 0 bridgehead atoms. The number of aryl methyl sites for hydroxylation is 2. The highest BCUT2D eigenvalue weighted by Crippen LogP contribution is 2.38. The molecular weight excluding hydrogens is 574 g/mol. The fourth-order valence-electron chi connectivity index (χ4n) is 4.98. The summed E-state index contributed by atoms with van der Waals surface area (Å²) in [6.45, 7) is 4.86. The fourth-order valence-corrected chi connectivity index (χ4v) is 5.74. The van der Waals surface area contributed by atoms with Crippen LogP contribution in [0.5, 0.6) is 17.2 Å². The molecular formula is C29H33N7O6S. The van der Waals surface area contributed by atoms with Crippen molar-refractivity contribution < 1.29 is 28.6 Å². The van der Waals surface area contributed by atoms with E-state index in [4.69, 9.17) is 19.9 Å². The topological polar surface area (TPSA) is 165 Å². The third-order valence-electron chi connectivity index (χ3n) is 7.02. The molecule has 4 aromatic rings. The lowest BCUT2D eigenvalue weighted by molar-refractivity contribution is -0.118. The quantitative estimate of drug-likeness (QED) is 0.205. The number of imidazole rings is 1. The van der Waals surface area contributed by atoms with E-state index in [1.165, 1.54) is 11.8 Å². The molecule has 1 atom stereocenters. The summed E-state index contributed by atoms with van der Waals surface area (Å²) in [4.78, 5) is 43.4. The first-order valence-electron chi connectivity index (χ1n) is 13.7. The Morgan fingerprint density at radius 3 is 2.65 bits per heavy atom. The smallest absolute Gasteiger partial charge is 0.276 e. The van der Waals surface area contributed by atoms with Gasteiger partial charge in [-0.15, -0.1) is 11.8 Å². The summed E-state index contributed by atoms with van der Waals surface area (Å²) in [5.74, 6) is 1.07. The Balaban J connectivity index is 1.31. The van der Waals surface area contributed by atoms with Crippen LogP contribution in [0.2, 0.25) is 0 Å². The van der Waals surface area contributed by atoms with Crippen molar-refractivity contribution in [2.24, 2.45) is 5.73 Å². The number of carbonyl (C=O) groups is 3. The van der Waals surface area contributed by atoms with Crippen molar-refractivity contribution in [3.63, 3.8) is 0 Å². The summed E-state index contributed by atoms with van der Waals surface area (Å²) in [7, 11) is 3.13. The molecule has 1 aliphatic heterocycles. The number of hydrogen-bond donors (Lipinski definition) is 3. The predicted molar refractivity (Wildman–Crippen MR) is 161 cm³/mol. The monoisotopic (exact) mass is 607 g/mol. The fraction of sp³-hybridized carbons (Fsp3) is 0.345. The molecule has 0 saturated heterocycles. The van der Waals surface area contributed by atoms with Crippen molar-refractivity contribution in [1.29, 1.82) is 0 Å². The number of ether oxygens (including phenoxy) is 3. The van der Waals surface area contributed by atoms with Crippen LogP contribution in [0.3, 0.4) is 0 Å². The van der Waals surface area contributed by atoms with Gasteiger partial charge >= 0.3 is 0 Å². The summed E-state index contributed by atoms with van der Waals surface area (Å²) >= 11 is 1.39. The van der Waals surface area contributed by atoms with Gasteiger partial charge in [-0.05, 0) is 56.7 Å². The second-order valence-electron chi connectivity index (χ2n) is 9.86. The zero-order chi connectivity index (χ0) is 30.7. The van der Waals surface area contributed by atoms with Crippen LogP contribution in [0.15, 0.2) is 41.3 Å². The third kappa shape index (κ3) is 6.23. The number of amides is 3. The van der Waals surface area contributed by atoms with Gasteiger partial charge in [0.1, 0.15) is 23.6 Å². The number of hydrogen-bond acceptors (Lipinski definition) is 9. The van der Waals surface area contributed by atoms with Crippen LogP contribution < -0.4 is 30.6 Å². The largest absolute Gasteiger partial charge is 0.493 e. The molecule has 4 N–H and O–H groups in total. The molecule has 5 rings (SSSR count). The molecule has 2 aromatic heterocycles. The van der Waals surface area contributed by atoms with E-state index >= 15 is 0 Å². The molecule has 0 saturated carbocycles. The van der Waals surface area contributed by atoms with Crippen molar-refractivity contribution >= 4 is 46.5 Å². The first-order valence-corrected chi connectivity index (χ1v) is 14.7. The highest BCUT2D eigenvalue weighted by Gasteiger charge is 2.29. The number of nitrogens with one attached hydrogen (secondary N) is 2. The van der Waals surface area contributed by atoms with Crippen LogP contribution in [0.25, 0.3) is 11.0 Å². The maximum atomic E-state index is 13.3. The number of anilines is 1. The third-order valence-corrected chi connectivity index (χ3v) is 8.01. The molecule has 2 aromatic carbocycles. The highest BCUT2D eigenvalue weighted by molar-refractivity contribution is 8.00. The number of thioether (sulfide) groups is 1. The van der Waals surface area contributed by atoms with Gasteiger partial charge < -0.3 is 29.8 Å². The normalized spacial score (nSPS) is 13.8. The maximum Gasteiger partial charge on any atom is 0.276 e. The summed E-state index contributed by atoms with van der Waals surface area (Å²) in [6.07, 6.45) is 0.504. The second kappa shape index (κ2) is 12.7. The van der Waals surface area contributed by atoms with Crippen LogP contribution in [0, 0.1) is 6.92 Å². The van der Waals surface area contributed by atoms with Crippen molar-refractivity contribution in [2.45, 2.75) is 37.8 Å². The van der Waals surface area contributed by atoms with E-state index in [-0.39, 0.29) is 35.8 Å². The standard InChI is InChI=1S/C29H33N7O6S/c1-5-35-21(10-16(2)34-35)28(39)33-29-32-20-11-17(27(30)38)12-24-26(20)36(29)18(14-42-24)8-9-31-25(37)15-43-19-6-7-22(40-3)23(13-19)41-4/h6-7,10-13,18H,5,8-9,14-15H2,1-4H3,(H2,30,38)(H,31,37)(H,32,33,39)/t18-/m0/s1. The number of carbonyl (C=O) groups excluding carboxylic acids is 3.